The van der Waals surface area contributed by atoms with Crippen molar-refractivity contribution in [3.63, 3.8) is 0 Å². The fourth-order valence-electron chi connectivity index (χ4n) is 4.18. The van der Waals surface area contributed by atoms with Crippen LogP contribution in [0.25, 0.3) is 0 Å². The maximum atomic E-state index is 6.20. The Morgan fingerprint density at radius 3 is 2.21 bits per heavy atom. The van der Waals surface area contributed by atoms with E-state index < -0.39 is 0 Å². The third kappa shape index (κ3) is 5.99. The van der Waals surface area contributed by atoms with E-state index in [2.05, 4.69) is 50.9 Å². The van der Waals surface area contributed by atoms with Crippen LogP contribution in [0.15, 0.2) is 29.3 Å². The predicted molar refractivity (Wildman–Crippen MR) is 129 cm³/mol. The Morgan fingerprint density at radius 1 is 0.964 bits per heavy atom. The van der Waals surface area contributed by atoms with Gasteiger partial charge < -0.3 is 15.5 Å². The summed E-state index contributed by atoms with van der Waals surface area (Å²) < 4.78 is 0. The first kappa shape index (κ1) is 21.7. The number of halogens is 1. The molecular formula is C22H36IN5. The van der Waals surface area contributed by atoms with Crippen LogP contribution in [0.4, 0.5) is 5.69 Å². The number of piperidine rings is 1. The molecule has 0 aromatic heterocycles. The minimum absolute atomic E-state index is 0. The molecule has 2 aliphatic heterocycles. The topological polar surface area (TPSA) is 48.1 Å². The highest BCUT2D eigenvalue weighted by Crippen LogP contribution is 2.30. The Kier molecular flexibility index (Phi) is 7.85. The van der Waals surface area contributed by atoms with E-state index in [1.807, 2.05) is 0 Å². The molecule has 3 aliphatic rings. The zero-order valence-electron chi connectivity index (χ0n) is 17.2. The van der Waals surface area contributed by atoms with Gasteiger partial charge in [-0.05, 0) is 55.2 Å². The highest BCUT2D eigenvalue weighted by Gasteiger charge is 2.26. The number of rotatable bonds is 5. The smallest absolute Gasteiger partial charge is 0.191 e. The summed E-state index contributed by atoms with van der Waals surface area (Å²) in [4.78, 5) is 12.0. The van der Waals surface area contributed by atoms with E-state index in [4.69, 9.17) is 5.73 Å². The monoisotopic (exact) mass is 497 g/mol. The fourth-order valence-corrected chi connectivity index (χ4v) is 4.18. The minimum Gasteiger partial charge on any atom is -0.370 e. The van der Waals surface area contributed by atoms with Gasteiger partial charge in [0.2, 0.25) is 0 Å². The van der Waals surface area contributed by atoms with Crippen LogP contribution in [0.2, 0.25) is 0 Å². The molecular weight excluding hydrogens is 461 g/mol. The van der Waals surface area contributed by atoms with Crippen molar-refractivity contribution in [1.29, 1.82) is 0 Å². The lowest BCUT2D eigenvalue weighted by Gasteiger charge is -2.36. The van der Waals surface area contributed by atoms with Gasteiger partial charge in [-0.15, -0.1) is 24.0 Å². The van der Waals surface area contributed by atoms with Gasteiger partial charge in [-0.25, -0.2) is 4.99 Å². The van der Waals surface area contributed by atoms with E-state index in [9.17, 15) is 0 Å². The SMILES string of the molecule is CC1CCN(C(N)=NCc2ccc(N3CCN(CC4CC4)CC3)cc2)CC1.I. The molecule has 156 valence electrons. The summed E-state index contributed by atoms with van der Waals surface area (Å²) in [6, 6.07) is 8.92. The van der Waals surface area contributed by atoms with Gasteiger partial charge in [0.15, 0.2) is 5.96 Å². The average molecular weight is 497 g/mol. The highest BCUT2D eigenvalue weighted by molar-refractivity contribution is 14.0. The van der Waals surface area contributed by atoms with Crippen LogP contribution >= 0.6 is 24.0 Å². The van der Waals surface area contributed by atoms with Gasteiger partial charge in [0.25, 0.3) is 0 Å². The van der Waals surface area contributed by atoms with E-state index in [1.165, 1.54) is 56.6 Å². The molecule has 0 spiro atoms. The Bertz CT molecular complexity index is 627. The molecule has 0 bridgehead atoms. The molecule has 0 unspecified atom stereocenters. The first-order valence-corrected chi connectivity index (χ1v) is 10.8. The van der Waals surface area contributed by atoms with Gasteiger partial charge >= 0.3 is 0 Å². The second kappa shape index (κ2) is 10.1. The zero-order chi connectivity index (χ0) is 18.6. The number of guanidine groups is 1. The Hall–Kier alpha value is -1.02. The third-order valence-corrected chi connectivity index (χ3v) is 6.42. The number of nitrogens with two attached hydrogens (primary N) is 1. The van der Waals surface area contributed by atoms with E-state index in [-0.39, 0.29) is 24.0 Å². The van der Waals surface area contributed by atoms with E-state index >= 15 is 0 Å². The molecule has 5 nitrogen and oxygen atoms in total. The van der Waals surface area contributed by atoms with Crippen LogP contribution in [0, 0.1) is 11.8 Å². The first-order chi connectivity index (χ1) is 13.2. The molecule has 1 saturated carbocycles. The molecule has 0 amide bonds. The molecule has 2 heterocycles. The van der Waals surface area contributed by atoms with E-state index in [1.54, 1.807) is 0 Å². The number of hydrogen-bond donors (Lipinski definition) is 1. The zero-order valence-corrected chi connectivity index (χ0v) is 19.6. The Labute approximate surface area is 187 Å². The summed E-state index contributed by atoms with van der Waals surface area (Å²) in [6.45, 7) is 11.1. The summed E-state index contributed by atoms with van der Waals surface area (Å²) in [7, 11) is 0. The number of anilines is 1. The number of piperazine rings is 1. The standard InChI is InChI=1S/C22H35N5.HI/c1-18-8-10-27(11-9-18)22(23)24-16-19-4-6-21(7-5-19)26-14-12-25(13-15-26)17-20-2-3-20;/h4-7,18,20H,2-3,8-17H2,1H3,(H2,23,24);1H. The summed E-state index contributed by atoms with van der Waals surface area (Å²) >= 11 is 0. The van der Waals surface area contributed by atoms with Gasteiger partial charge in [-0.1, -0.05) is 19.1 Å². The summed E-state index contributed by atoms with van der Waals surface area (Å²) in [6.07, 6.45) is 5.34. The molecule has 0 atom stereocenters. The quantitative estimate of drug-likeness (QED) is 0.385. The second-order valence-corrected chi connectivity index (χ2v) is 8.74. The van der Waals surface area contributed by atoms with E-state index in [0.29, 0.717) is 12.5 Å². The van der Waals surface area contributed by atoms with Crippen LogP contribution in [-0.4, -0.2) is 61.6 Å². The molecule has 0 radical (unpaired) electrons. The van der Waals surface area contributed by atoms with Crippen molar-refractivity contribution in [3.05, 3.63) is 29.8 Å². The first-order valence-electron chi connectivity index (χ1n) is 10.8. The van der Waals surface area contributed by atoms with Crippen LogP contribution in [0.3, 0.4) is 0 Å². The Balaban J connectivity index is 0.00000225. The van der Waals surface area contributed by atoms with Crippen molar-refractivity contribution < 1.29 is 0 Å². The number of likely N-dealkylation sites (tertiary alicyclic amines) is 1. The van der Waals surface area contributed by atoms with Crippen molar-refractivity contribution in [2.45, 2.75) is 39.2 Å². The van der Waals surface area contributed by atoms with Crippen molar-refractivity contribution in [3.8, 4) is 0 Å². The predicted octanol–water partition coefficient (Wildman–Crippen LogP) is 3.38. The average Bonchev–Trinajstić information content (AvgIpc) is 3.52. The maximum Gasteiger partial charge on any atom is 0.191 e. The number of hydrogen-bond acceptors (Lipinski definition) is 3. The van der Waals surface area contributed by atoms with Gasteiger partial charge in [-0.3, -0.25) is 4.90 Å². The van der Waals surface area contributed by atoms with Crippen molar-refractivity contribution >= 4 is 35.6 Å². The molecule has 2 saturated heterocycles. The van der Waals surface area contributed by atoms with Crippen LogP contribution in [-0.2, 0) is 6.54 Å². The molecule has 28 heavy (non-hydrogen) atoms. The maximum absolute atomic E-state index is 6.20. The van der Waals surface area contributed by atoms with Crippen molar-refractivity contribution in [2.24, 2.45) is 22.6 Å². The molecule has 6 heteroatoms. The van der Waals surface area contributed by atoms with Gasteiger partial charge in [-0.2, -0.15) is 0 Å². The second-order valence-electron chi connectivity index (χ2n) is 8.74. The minimum atomic E-state index is 0. The summed E-state index contributed by atoms with van der Waals surface area (Å²) in [5.74, 6) is 2.52. The van der Waals surface area contributed by atoms with Crippen molar-refractivity contribution in [2.75, 3.05) is 50.7 Å². The fraction of sp³-hybridized carbons (Fsp3) is 0.682. The molecule has 1 aromatic rings. The molecule has 1 aliphatic carbocycles. The molecule has 1 aromatic carbocycles. The highest BCUT2D eigenvalue weighted by atomic mass is 127. The molecule has 3 fully saturated rings. The van der Waals surface area contributed by atoms with Gasteiger partial charge in [0.05, 0.1) is 6.54 Å². The van der Waals surface area contributed by atoms with Crippen LogP contribution in [0.1, 0.15) is 38.2 Å². The van der Waals surface area contributed by atoms with E-state index in [0.717, 1.165) is 38.0 Å². The van der Waals surface area contributed by atoms with Gasteiger partial charge in [0.1, 0.15) is 0 Å². The lowest BCUT2D eigenvalue weighted by molar-refractivity contribution is 0.248. The normalized spacial score (nSPS) is 22.2. The lowest BCUT2D eigenvalue weighted by Crippen LogP contribution is -2.47. The number of aliphatic imine (C=N–C) groups is 1. The van der Waals surface area contributed by atoms with Gasteiger partial charge in [0, 0.05) is 51.5 Å². The summed E-state index contributed by atoms with van der Waals surface area (Å²) in [5.41, 5.74) is 8.78. The van der Waals surface area contributed by atoms with Crippen LogP contribution in [0.5, 0.6) is 0 Å². The molecule has 2 N–H and O–H groups in total. The number of nitrogens with zero attached hydrogens (tertiary/aromatic N) is 4. The number of benzene rings is 1. The van der Waals surface area contributed by atoms with Crippen molar-refractivity contribution in [1.82, 2.24) is 9.80 Å². The summed E-state index contributed by atoms with van der Waals surface area (Å²) in [5, 5.41) is 0. The van der Waals surface area contributed by atoms with Crippen LogP contribution < -0.4 is 10.6 Å². The Morgan fingerprint density at radius 2 is 1.61 bits per heavy atom. The lowest BCUT2D eigenvalue weighted by atomic mass is 10.00. The third-order valence-electron chi connectivity index (χ3n) is 6.42. The molecule has 4 rings (SSSR count). The largest absolute Gasteiger partial charge is 0.370 e.